The van der Waals surface area contributed by atoms with Gasteiger partial charge in [0.05, 0.1) is 5.39 Å². The molecule has 1 aliphatic rings. The molecule has 0 saturated carbocycles. The van der Waals surface area contributed by atoms with Crippen LogP contribution < -0.4 is 10.9 Å². The van der Waals surface area contributed by atoms with Gasteiger partial charge < -0.3 is 10.3 Å². The van der Waals surface area contributed by atoms with E-state index in [9.17, 15) is 9.59 Å². The van der Waals surface area contributed by atoms with Crippen LogP contribution in [0.25, 0.3) is 10.2 Å². The van der Waals surface area contributed by atoms with Gasteiger partial charge in [-0.25, -0.2) is 4.98 Å². The Morgan fingerprint density at radius 3 is 2.77 bits per heavy atom. The molecule has 1 aliphatic carbocycles. The van der Waals surface area contributed by atoms with E-state index in [2.05, 4.69) is 21.2 Å². The molecule has 3 rings (SSSR count). The van der Waals surface area contributed by atoms with Crippen LogP contribution in [0.1, 0.15) is 62.2 Å². The zero-order valence-electron chi connectivity index (χ0n) is 15.4. The van der Waals surface area contributed by atoms with Crippen molar-refractivity contribution in [3.05, 3.63) is 26.6 Å². The second-order valence-electron chi connectivity index (χ2n) is 6.89. The molecule has 6 heteroatoms. The van der Waals surface area contributed by atoms with Crippen molar-refractivity contribution >= 4 is 27.5 Å². The van der Waals surface area contributed by atoms with Crippen LogP contribution >= 0.6 is 11.3 Å². The molecule has 0 radical (unpaired) electrons. The number of fused-ring (bicyclic) bond motifs is 3. The van der Waals surface area contributed by atoms with Gasteiger partial charge >= 0.3 is 0 Å². The second-order valence-corrected chi connectivity index (χ2v) is 7.97. The largest absolute Gasteiger partial charge is 0.340 e. The number of nitrogens with one attached hydrogen (secondary N) is 2. The number of hydrogen-bond donors (Lipinski definition) is 2. The lowest BCUT2D eigenvalue weighted by Gasteiger charge is -2.27. The highest BCUT2D eigenvalue weighted by atomic mass is 32.1. The number of aryl methyl sites for hydroxylation is 3. The summed E-state index contributed by atoms with van der Waals surface area (Å²) in [6.45, 7) is 3.93. The quantitative estimate of drug-likeness (QED) is 0.766. The van der Waals surface area contributed by atoms with E-state index >= 15 is 0 Å². The molecule has 2 N–H and O–H groups in total. The number of amides is 1. The van der Waals surface area contributed by atoms with Crippen molar-refractivity contribution in [1.29, 1.82) is 0 Å². The molecule has 2 heterocycles. The van der Waals surface area contributed by atoms with Crippen molar-refractivity contribution in [2.45, 2.75) is 70.8 Å². The standard InChI is InChI=1S/C20H25N3O2S/c1-4-20(5-2,6-3)23-16(24)12-11-15-21-18(25)17-13-9-7-8-10-14(13)26-19(17)22-15/h1H,5-12H2,2-3H3,(H,23,24)(H,21,22,25). The van der Waals surface area contributed by atoms with Gasteiger partial charge in [-0.3, -0.25) is 9.59 Å². The Labute approximate surface area is 157 Å². The van der Waals surface area contributed by atoms with Crippen LogP contribution in [0.2, 0.25) is 0 Å². The van der Waals surface area contributed by atoms with Crippen LogP contribution in [0.4, 0.5) is 0 Å². The first-order chi connectivity index (χ1) is 12.5. The van der Waals surface area contributed by atoms with Gasteiger partial charge in [0.15, 0.2) is 0 Å². The molecule has 2 aromatic heterocycles. The summed E-state index contributed by atoms with van der Waals surface area (Å²) < 4.78 is 0. The van der Waals surface area contributed by atoms with E-state index in [4.69, 9.17) is 6.42 Å². The van der Waals surface area contributed by atoms with Crippen LogP contribution in [-0.2, 0) is 24.1 Å². The Kier molecular flexibility index (Phi) is 5.47. The Morgan fingerprint density at radius 1 is 1.35 bits per heavy atom. The monoisotopic (exact) mass is 371 g/mol. The molecule has 138 valence electrons. The van der Waals surface area contributed by atoms with Crippen molar-refractivity contribution in [2.75, 3.05) is 0 Å². The highest BCUT2D eigenvalue weighted by Crippen LogP contribution is 2.33. The highest BCUT2D eigenvalue weighted by Gasteiger charge is 2.25. The first-order valence-electron chi connectivity index (χ1n) is 9.34. The lowest BCUT2D eigenvalue weighted by atomic mass is 9.93. The maximum absolute atomic E-state index is 12.5. The second kappa shape index (κ2) is 7.63. The number of thiophene rings is 1. The summed E-state index contributed by atoms with van der Waals surface area (Å²) >= 11 is 1.62. The Balaban J connectivity index is 1.75. The molecule has 26 heavy (non-hydrogen) atoms. The predicted molar refractivity (Wildman–Crippen MR) is 105 cm³/mol. The van der Waals surface area contributed by atoms with Gasteiger partial charge in [0.1, 0.15) is 16.2 Å². The molecule has 0 unspecified atom stereocenters. The fourth-order valence-corrected chi connectivity index (χ4v) is 4.84. The SMILES string of the molecule is C#CC(CC)(CC)NC(=O)CCc1nc2sc3c(c2c(=O)[nH]1)CCCC3. The van der Waals surface area contributed by atoms with E-state index in [0.29, 0.717) is 25.1 Å². The molecule has 0 aromatic carbocycles. The summed E-state index contributed by atoms with van der Waals surface area (Å²) in [5.41, 5.74) is 0.512. The minimum Gasteiger partial charge on any atom is -0.340 e. The average molecular weight is 372 g/mol. The minimum atomic E-state index is -0.589. The number of H-pyrrole nitrogens is 1. The van der Waals surface area contributed by atoms with Crippen molar-refractivity contribution < 1.29 is 4.79 Å². The summed E-state index contributed by atoms with van der Waals surface area (Å²) in [6.07, 6.45) is 11.9. The van der Waals surface area contributed by atoms with Gasteiger partial charge in [-0.1, -0.05) is 19.8 Å². The molecule has 0 spiro atoms. The maximum atomic E-state index is 12.5. The molecule has 0 saturated heterocycles. The fraction of sp³-hybridized carbons (Fsp3) is 0.550. The van der Waals surface area contributed by atoms with Crippen molar-refractivity contribution in [3.63, 3.8) is 0 Å². The highest BCUT2D eigenvalue weighted by molar-refractivity contribution is 7.18. The Bertz CT molecular complexity index is 916. The molecule has 0 fully saturated rings. The van der Waals surface area contributed by atoms with Gasteiger partial charge in [0, 0.05) is 17.7 Å². The fourth-order valence-electron chi connectivity index (χ4n) is 3.56. The number of hydrogen-bond acceptors (Lipinski definition) is 4. The van der Waals surface area contributed by atoms with E-state index in [-0.39, 0.29) is 17.9 Å². The van der Waals surface area contributed by atoms with E-state index in [1.165, 1.54) is 16.9 Å². The number of aromatic amines is 1. The predicted octanol–water partition coefficient (Wildman–Crippen LogP) is 3.10. The Hall–Kier alpha value is -2.13. The van der Waals surface area contributed by atoms with Crippen LogP contribution in [0.15, 0.2) is 4.79 Å². The summed E-state index contributed by atoms with van der Waals surface area (Å²) in [7, 11) is 0. The van der Waals surface area contributed by atoms with Gasteiger partial charge in [-0.05, 0) is 44.1 Å². The van der Waals surface area contributed by atoms with Gasteiger partial charge in [0.25, 0.3) is 5.56 Å². The number of carbonyl (C=O) groups excluding carboxylic acids is 1. The first-order valence-corrected chi connectivity index (χ1v) is 10.2. The molecule has 2 aromatic rings. The lowest BCUT2D eigenvalue weighted by Crippen LogP contribution is -2.46. The number of aromatic nitrogens is 2. The minimum absolute atomic E-state index is 0.0788. The number of carbonyl (C=O) groups is 1. The molecule has 1 amide bonds. The van der Waals surface area contributed by atoms with Crippen LogP contribution in [-0.4, -0.2) is 21.4 Å². The zero-order chi connectivity index (χ0) is 18.7. The molecule has 0 atom stereocenters. The van der Waals surface area contributed by atoms with Crippen LogP contribution in [0.5, 0.6) is 0 Å². The lowest BCUT2D eigenvalue weighted by molar-refractivity contribution is -0.122. The van der Waals surface area contributed by atoms with Gasteiger partial charge in [0.2, 0.25) is 5.91 Å². The van der Waals surface area contributed by atoms with Crippen molar-refractivity contribution in [3.8, 4) is 12.3 Å². The number of nitrogens with zero attached hydrogens (tertiary/aromatic N) is 1. The van der Waals surface area contributed by atoms with E-state index < -0.39 is 5.54 Å². The third kappa shape index (κ3) is 3.54. The van der Waals surface area contributed by atoms with E-state index in [0.717, 1.165) is 29.5 Å². The summed E-state index contributed by atoms with van der Waals surface area (Å²) in [5.74, 6) is 3.16. The third-order valence-electron chi connectivity index (χ3n) is 5.33. The summed E-state index contributed by atoms with van der Waals surface area (Å²) in [6, 6.07) is 0. The first kappa shape index (κ1) is 18.7. The Morgan fingerprint density at radius 2 is 2.08 bits per heavy atom. The summed E-state index contributed by atoms with van der Waals surface area (Å²) in [4.78, 5) is 34.4. The topological polar surface area (TPSA) is 74.8 Å². The van der Waals surface area contributed by atoms with Gasteiger partial charge in [-0.2, -0.15) is 0 Å². The third-order valence-corrected chi connectivity index (χ3v) is 6.51. The average Bonchev–Trinajstić information content (AvgIpc) is 3.03. The maximum Gasteiger partial charge on any atom is 0.259 e. The number of rotatable bonds is 6. The number of terminal acetylenes is 1. The zero-order valence-corrected chi connectivity index (χ0v) is 16.2. The van der Waals surface area contributed by atoms with Crippen molar-refractivity contribution in [2.24, 2.45) is 0 Å². The molecular weight excluding hydrogens is 346 g/mol. The molecule has 5 nitrogen and oxygen atoms in total. The van der Waals surface area contributed by atoms with E-state index in [1.807, 2.05) is 13.8 Å². The van der Waals surface area contributed by atoms with Crippen molar-refractivity contribution in [1.82, 2.24) is 15.3 Å². The normalized spacial score (nSPS) is 14.0. The summed E-state index contributed by atoms with van der Waals surface area (Å²) in [5, 5.41) is 3.70. The molecular formula is C20H25N3O2S. The van der Waals surface area contributed by atoms with E-state index in [1.54, 1.807) is 11.3 Å². The van der Waals surface area contributed by atoms with Crippen LogP contribution in [0.3, 0.4) is 0 Å². The molecule has 0 aliphatic heterocycles. The van der Waals surface area contributed by atoms with Crippen LogP contribution in [0, 0.1) is 12.3 Å². The smallest absolute Gasteiger partial charge is 0.259 e. The molecule has 0 bridgehead atoms. The van der Waals surface area contributed by atoms with Gasteiger partial charge in [-0.15, -0.1) is 17.8 Å².